The third-order valence-electron chi connectivity index (χ3n) is 4.98. The van der Waals surface area contributed by atoms with Gasteiger partial charge in [-0.1, -0.05) is 37.6 Å². The minimum Gasteiger partial charge on any atom is -0.478 e. The Morgan fingerprint density at radius 1 is 0.839 bits per heavy atom. The molecule has 1 amide bonds. The number of nitrogens with one attached hydrogen (secondary N) is 1. The molecule has 0 saturated carbocycles. The summed E-state index contributed by atoms with van der Waals surface area (Å²) in [4.78, 5) is 25.3. The third kappa shape index (κ3) is 5.74. The van der Waals surface area contributed by atoms with Crippen LogP contribution in [-0.2, 0) is 4.79 Å². The molecule has 0 aromatic heterocycles. The molecule has 0 unspecified atom stereocenters. The van der Waals surface area contributed by atoms with Crippen LogP contribution >= 0.6 is 11.6 Å². The highest BCUT2D eigenvalue weighted by Crippen LogP contribution is 2.23. The summed E-state index contributed by atoms with van der Waals surface area (Å²) < 4.78 is 5.91. The van der Waals surface area contributed by atoms with Crippen molar-refractivity contribution in [2.75, 3.05) is 5.32 Å². The zero-order valence-electron chi connectivity index (χ0n) is 18.1. The Kier molecular flexibility index (Phi) is 6.81. The normalized spacial score (nSPS) is 11.3. The molecule has 0 atom stereocenters. The molecule has 3 rings (SSSR count). The van der Waals surface area contributed by atoms with Crippen molar-refractivity contribution in [3.63, 3.8) is 0 Å². The van der Waals surface area contributed by atoms with Gasteiger partial charge in [-0.15, -0.1) is 0 Å². The number of anilines is 1. The Bertz CT molecular complexity index is 1050. The van der Waals surface area contributed by atoms with Gasteiger partial charge in [0.2, 0.25) is 0 Å². The number of ketones is 1. The number of hydrogen-bond donors (Lipinski definition) is 1. The molecule has 5 heteroatoms. The quantitative estimate of drug-likeness (QED) is 0.431. The molecule has 0 saturated heterocycles. The van der Waals surface area contributed by atoms with Crippen LogP contribution in [0.25, 0.3) is 0 Å². The molecule has 1 N–H and O–H groups in total. The molecule has 0 heterocycles. The van der Waals surface area contributed by atoms with Crippen LogP contribution in [0, 0.1) is 0 Å². The number of rotatable bonds is 7. The second-order valence-electron chi connectivity index (χ2n) is 8.20. The second-order valence-corrected chi connectivity index (χ2v) is 8.64. The van der Waals surface area contributed by atoms with Gasteiger partial charge in [-0.05, 0) is 86.0 Å². The standard InChI is InChI=1S/C26H26ClNO3/c1-17(2)18-7-13-22(14-8-18)28-25(30)26(3,4)31-23-15-9-20(10-16-23)24(29)19-5-11-21(27)12-6-19/h5-17H,1-4H3,(H,28,30). The first kappa shape index (κ1) is 22.6. The summed E-state index contributed by atoms with van der Waals surface area (Å²) in [5.74, 6) is 0.568. The number of carbonyl (C=O) groups is 2. The van der Waals surface area contributed by atoms with Crippen molar-refractivity contribution < 1.29 is 14.3 Å². The Labute approximate surface area is 188 Å². The summed E-state index contributed by atoms with van der Waals surface area (Å²) in [5.41, 5.74) is 1.92. The zero-order valence-corrected chi connectivity index (χ0v) is 18.9. The van der Waals surface area contributed by atoms with Crippen LogP contribution < -0.4 is 10.1 Å². The smallest absolute Gasteiger partial charge is 0.267 e. The van der Waals surface area contributed by atoms with E-state index in [0.717, 1.165) is 5.69 Å². The van der Waals surface area contributed by atoms with Gasteiger partial charge in [-0.3, -0.25) is 9.59 Å². The molecule has 0 aliphatic heterocycles. The van der Waals surface area contributed by atoms with Gasteiger partial charge in [-0.25, -0.2) is 0 Å². The fraction of sp³-hybridized carbons (Fsp3) is 0.231. The van der Waals surface area contributed by atoms with E-state index in [2.05, 4.69) is 19.2 Å². The van der Waals surface area contributed by atoms with Gasteiger partial charge in [0.15, 0.2) is 11.4 Å². The van der Waals surface area contributed by atoms with Gasteiger partial charge in [-0.2, -0.15) is 0 Å². The minimum atomic E-state index is -1.10. The molecule has 31 heavy (non-hydrogen) atoms. The van der Waals surface area contributed by atoms with Crippen molar-refractivity contribution in [3.8, 4) is 5.75 Å². The molecule has 0 aliphatic carbocycles. The number of amides is 1. The van der Waals surface area contributed by atoms with Crippen molar-refractivity contribution in [1.82, 2.24) is 0 Å². The lowest BCUT2D eigenvalue weighted by atomic mass is 10.0. The summed E-state index contributed by atoms with van der Waals surface area (Å²) in [6.07, 6.45) is 0. The van der Waals surface area contributed by atoms with Gasteiger partial charge >= 0.3 is 0 Å². The predicted molar refractivity (Wildman–Crippen MR) is 125 cm³/mol. The van der Waals surface area contributed by atoms with Crippen LogP contribution in [0.4, 0.5) is 5.69 Å². The molecule has 3 aromatic rings. The number of benzene rings is 3. The maximum absolute atomic E-state index is 12.7. The minimum absolute atomic E-state index is 0.106. The zero-order chi connectivity index (χ0) is 22.6. The predicted octanol–water partition coefficient (Wildman–Crippen LogP) is 6.49. The summed E-state index contributed by atoms with van der Waals surface area (Å²) in [5, 5.41) is 3.48. The third-order valence-corrected chi connectivity index (χ3v) is 5.23. The van der Waals surface area contributed by atoms with E-state index in [1.807, 2.05) is 24.3 Å². The van der Waals surface area contributed by atoms with Crippen LogP contribution in [0.1, 0.15) is 55.1 Å². The highest BCUT2D eigenvalue weighted by molar-refractivity contribution is 6.30. The first-order valence-corrected chi connectivity index (χ1v) is 10.5. The number of halogens is 1. The first-order valence-electron chi connectivity index (χ1n) is 10.2. The summed E-state index contributed by atoms with van der Waals surface area (Å²) in [7, 11) is 0. The molecular formula is C26H26ClNO3. The van der Waals surface area contributed by atoms with E-state index in [1.54, 1.807) is 62.4 Å². The Balaban J connectivity index is 1.65. The maximum atomic E-state index is 12.7. The molecule has 0 fully saturated rings. The van der Waals surface area contributed by atoms with Gasteiger partial charge < -0.3 is 10.1 Å². The van der Waals surface area contributed by atoms with E-state index < -0.39 is 5.60 Å². The van der Waals surface area contributed by atoms with Crippen LogP contribution in [0.2, 0.25) is 5.02 Å². The monoisotopic (exact) mass is 435 g/mol. The van der Waals surface area contributed by atoms with Gasteiger partial charge in [0, 0.05) is 21.8 Å². The Morgan fingerprint density at radius 2 is 1.35 bits per heavy atom. The van der Waals surface area contributed by atoms with Crippen molar-refractivity contribution >= 4 is 29.0 Å². The van der Waals surface area contributed by atoms with Crippen LogP contribution in [-0.4, -0.2) is 17.3 Å². The van der Waals surface area contributed by atoms with Crippen LogP contribution in [0.3, 0.4) is 0 Å². The van der Waals surface area contributed by atoms with Gasteiger partial charge in [0.1, 0.15) is 5.75 Å². The van der Waals surface area contributed by atoms with E-state index in [0.29, 0.717) is 27.8 Å². The van der Waals surface area contributed by atoms with Crippen molar-refractivity contribution in [2.45, 2.75) is 39.2 Å². The van der Waals surface area contributed by atoms with Gasteiger partial charge in [0.05, 0.1) is 0 Å². The lowest BCUT2D eigenvalue weighted by Gasteiger charge is -2.25. The fourth-order valence-electron chi connectivity index (χ4n) is 3.02. The average Bonchev–Trinajstić information content (AvgIpc) is 2.74. The lowest BCUT2D eigenvalue weighted by molar-refractivity contribution is -0.128. The lowest BCUT2D eigenvalue weighted by Crippen LogP contribution is -2.42. The van der Waals surface area contributed by atoms with Crippen LogP contribution in [0.15, 0.2) is 72.8 Å². The maximum Gasteiger partial charge on any atom is 0.267 e. The van der Waals surface area contributed by atoms with E-state index in [1.165, 1.54) is 5.56 Å². The Morgan fingerprint density at radius 3 is 1.87 bits per heavy atom. The van der Waals surface area contributed by atoms with E-state index in [-0.39, 0.29) is 11.7 Å². The van der Waals surface area contributed by atoms with Crippen molar-refractivity contribution in [1.29, 1.82) is 0 Å². The van der Waals surface area contributed by atoms with Crippen LogP contribution in [0.5, 0.6) is 5.75 Å². The molecule has 4 nitrogen and oxygen atoms in total. The largest absolute Gasteiger partial charge is 0.478 e. The molecular weight excluding hydrogens is 410 g/mol. The fourth-order valence-corrected chi connectivity index (χ4v) is 3.14. The summed E-state index contributed by atoms with van der Waals surface area (Å²) >= 11 is 5.88. The molecule has 3 aromatic carbocycles. The number of ether oxygens (including phenoxy) is 1. The highest BCUT2D eigenvalue weighted by atomic mass is 35.5. The van der Waals surface area contributed by atoms with E-state index in [9.17, 15) is 9.59 Å². The molecule has 0 radical (unpaired) electrons. The molecule has 160 valence electrons. The summed E-state index contributed by atoms with van der Waals surface area (Å²) in [6.45, 7) is 7.66. The van der Waals surface area contributed by atoms with E-state index >= 15 is 0 Å². The second kappa shape index (κ2) is 9.36. The Hall–Kier alpha value is -3.11. The molecule has 0 aliphatic rings. The SMILES string of the molecule is CC(C)c1ccc(NC(=O)C(C)(C)Oc2ccc(C(=O)c3ccc(Cl)cc3)cc2)cc1. The van der Waals surface area contributed by atoms with Crippen molar-refractivity contribution in [3.05, 3.63) is 94.5 Å². The number of hydrogen-bond acceptors (Lipinski definition) is 3. The number of carbonyl (C=O) groups excluding carboxylic acids is 2. The first-order chi connectivity index (χ1) is 14.7. The molecule has 0 bridgehead atoms. The average molecular weight is 436 g/mol. The summed E-state index contributed by atoms with van der Waals surface area (Å²) in [6, 6.07) is 21.3. The highest BCUT2D eigenvalue weighted by Gasteiger charge is 2.30. The molecule has 0 spiro atoms. The van der Waals surface area contributed by atoms with Crippen molar-refractivity contribution in [2.24, 2.45) is 0 Å². The topological polar surface area (TPSA) is 55.4 Å². The van der Waals surface area contributed by atoms with Gasteiger partial charge in [0.25, 0.3) is 5.91 Å². The van der Waals surface area contributed by atoms with E-state index in [4.69, 9.17) is 16.3 Å².